The first-order chi connectivity index (χ1) is 10.3. The van der Waals surface area contributed by atoms with E-state index in [0.29, 0.717) is 17.7 Å². The van der Waals surface area contributed by atoms with Crippen molar-refractivity contribution in [3.8, 4) is 11.4 Å². The summed E-state index contributed by atoms with van der Waals surface area (Å²) in [5, 5.41) is 9.84. The van der Waals surface area contributed by atoms with Crippen LogP contribution in [0.2, 0.25) is 0 Å². The molecule has 1 aliphatic rings. The van der Waals surface area contributed by atoms with Crippen LogP contribution < -0.4 is 5.32 Å². The first-order valence-corrected chi connectivity index (χ1v) is 7.35. The number of fused-ring (bicyclic) bond motifs is 1. The monoisotopic (exact) mass is 279 g/mol. The van der Waals surface area contributed by atoms with Crippen molar-refractivity contribution in [2.24, 2.45) is 5.92 Å². The van der Waals surface area contributed by atoms with Crippen LogP contribution in [0.15, 0.2) is 47.0 Å². The Morgan fingerprint density at radius 2 is 1.95 bits per heavy atom. The summed E-state index contributed by atoms with van der Waals surface area (Å²) in [4.78, 5) is 4.58. The van der Waals surface area contributed by atoms with Gasteiger partial charge in [-0.2, -0.15) is 4.98 Å². The first-order valence-electron chi connectivity index (χ1n) is 7.35. The fourth-order valence-electron chi connectivity index (χ4n) is 2.73. The summed E-state index contributed by atoms with van der Waals surface area (Å²) in [6.45, 7) is 4.23. The number of hydrogen-bond donors (Lipinski definition) is 1. The summed E-state index contributed by atoms with van der Waals surface area (Å²) in [5.41, 5.74) is 1.00. The Kier molecular flexibility index (Phi) is 2.97. The molecular formula is C17H17N3O. The van der Waals surface area contributed by atoms with E-state index in [1.807, 2.05) is 18.2 Å². The number of benzene rings is 2. The molecule has 4 nitrogen and oxygen atoms in total. The van der Waals surface area contributed by atoms with Crippen LogP contribution >= 0.6 is 0 Å². The van der Waals surface area contributed by atoms with Crippen LogP contribution in [0.4, 0.5) is 0 Å². The average Bonchev–Trinajstić information content (AvgIpc) is 2.95. The molecule has 21 heavy (non-hydrogen) atoms. The Balaban J connectivity index is 1.67. The Labute approximate surface area is 123 Å². The topological polar surface area (TPSA) is 51.0 Å². The van der Waals surface area contributed by atoms with Crippen molar-refractivity contribution in [2.45, 2.75) is 12.8 Å². The zero-order chi connectivity index (χ0) is 14.2. The molecule has 2 heterocycles. The Morgan fingerprint density at radius 1 is 1.14 bits per heavy atom. The third-order valence-corrected chi connectivity index (χ3v) is 4.36. The third-order valence-electron chi connectivity index (χ3n) is 4.36. The van der Waals surface area contributed by atoms with Crippen molar-refractivity contribution in [1.29, 1.82) is 0 Å². The van der Waals surface area contributed by atoms with Gasteiger partial charge in [-0.3, -0.25) is 0 Å². The van der Waals surface area contributed by atoms with Gasteiger partial charge in [-0.05, 0) is 35.8 Å². The van der Waals surface area contributed by atoms with Gasteiger partial charge in [-0.25, -0.2) is 0 Å². The predicted molar refractivity (Wildman–Crippen MR) is 82.0 cm³/mol. The highest BCUT2D eigenvalue weighted by Gasteiger charge is 2.28. The molecule has 106 valence electrons. The summed E-state index contributed by atoms with van der Waals surface area (Å²) >= 11 is 0. The van der Waals surface area contributed by atoms with Crippen molar-refractivity contribution in [3.63, 3.8) is 0 Å². The molecule has 1 aliphatic heterocycles. The van der Waals surface area contributed by atoms with Crippen LogP contribution in [0.1, 0.15) is 18.7 Å². The maximum absolute atomic E-state index is 5.46. The second-order valence-electron chi connectivity index (χ2n) is 5.73. The second kappa shape index (κ2) is 4.97. The smallest absolute Gasteiger partial charge is 0.230 e. The molecule has 4 heteroatoms. The van der Waals surface area contributed by atoms with Crippen molar-refractivity contribution in [1.82, 2.24) is 15.5 Å². The molecule has 3 aromatic rings. The van der Waals surface area contributed by atoms with E-state index in [4.69, 9.17) is 4.52 Å². The summed E-state index contributed by atoms with van der Waals surface area (Å²) in [6.07, 6.45) is 0. The molecule has 0 bridgehead atoms. The summed E-state index contributed by atoms with van der Waals surface area (Å²) < 4.78 is 5.46. The lowest BCUT2D eigenvalue weighted by molar-refractivity contribution is 0.252. The summed E-state index contributed by atoms with van der Waals surface area (Å²) in [7, 11) is 0. The van der Waals surface area contributed by atoms with Gasteiger partial charge in [0.05, 0.1) is 0 Å². The lowest BCUT2D eigenvalue weighted by Gasteiger charge is -2.30. The second-order valence-corrected chi connectivity index (χ2v) is 5.73. The van der Waals surface area contributed by atoms with E-state index in [-0.39, 0.29) is 0 Å². The molecule has 1 aromatic heterocycles. The Bertz CT molecular complexity index is 776. The first kappa shape index (κ1) is 12.5. The minimum atomic E-state index is 0.313. The molecule has 1 N–H and O–H groups in total. The number of aromatic nitrogens is 2. The van der Waals surface area contributed by atoms with E-state index in [2.05, 4.69) is 46.6 Å². The zero-order valence-corrected chi connectivity index (χ0v) is 11.9. The molecule has 0 spiro atoms. The fraction of sp³-hybridized carbons (Fsp3) is 0.294. The molecule has 0 saturated carbocycles. The highest BCUT2D eigenvalue weighted by molar-refractivity contribution is 5.86. The number of hydrogen-bond acceptors (Lipinski definition) is 4. The van der Waals surface area contributed by atoms with Crippen molar-refractivity contribution < 1.29 is 4.52 Å². The molecule has 2 aromatic carbocycles. The number of rotatable bonds is 3. The van der Waals surface area contributed by atoms with Crippen molar-refractivity contribution in [3.05, 3.63) is 48.4 Å². The van der Waals surface area contributed by atoms with E-state index in [0.717, 1.165) is 24.5 Å². The number of nitrogens with zero attached hydrogens (tertiary/aromatic N) is 2. The van der Waals surface area contributed by atoms with Crippen molar-refractivity contribution in [2.75, 3.05) is 13.1 Å². The highest BCUT2D eigenvalue weighted by Crippen LogP contribution is 2.28. The fourth-order valence-corrected chi connectivity index (χ4v) is 2.73. The van der Waals surface area contributed by atoms with Gasteiger partial charge in [0.15, 0.2) is 0 Å². The largest absolute Gasteiger partial charge is 0.339 e. The van der Waals surface area contributed by atoms with Crippen LogP contribution in [-0.4, -0.2) is 23.2 Å². The molecule has 1 unspecified atom stereocenters. The Hall–Kier alpha value is -2.20. The minimum absolute atomic E-state index is 0.313. The van der Waals surface area contributed by atoms with Gasteiger partial charge in [0.25, 0.3) is 0 Å². The molecular weight excluding hydrogens is 262 g/mol. The molecule has 1 atom stereocenters. The van der Waals surface area contributed by atoms with E-state index in [1.165, 1.54) is 10.8 Å². The van der Waals surface area contributed by atoms with Crippen molar-refractivity contribution >= 4 is 10.8 Å². The molecule has 0 radical (unpaired) electrons. The SMILES string of the molecule is CC(c1nc(-c2ccc3ccccc3c2)no1)C1CNC1. The predicted octanol–water partition coefficient (Wildman–Crippen LogP) is 3.21. The maximum atomic E-state index is 5.46. The third kappa shape index (κ3) is 2.21. The molecule has 1 saturated heterocycles. The molecule has 4 rings (SSSR count). The lowest BCUT2D eigenvalue weighted by atomic mass is 9.89. The van der Waals surface area contributed by atoms with Gasteiger partial charge >= 0.3 is 0 Å². The van der Waals surface area contributed by atoms with Crippen LogP contribution in [0.5, 0.6) is 0 Å². The van der Waals surface area contributed by atoms with E-state index in [9.17, 15) is 0 Å². The highest BCUT2D eigenvalue weighted by atomic mass is 16.5. The normalized spacial score (nSPS) is 16.8. The van der Waals surface area contributed by atoms with Gasteiger partial charge in [0, 0.05) is 11.5 Å². The van der Waals surface area contributed by atoms with E-state index < -0.39 is 0 Å². The van der Waals surface area contributed by atoms with Crippen LogP contribution in [0, 0.1) is 5.92 Å². The van der Waals surface area contributed by atoms with E-state index in [1.54, 1.807) is 0 Å². The van der Waals surface area contributed by atoms with Crippen LogP contribution in [-0.2, 0) is 0 Å². The standard InChI is InChI=1S/C17H17N3O/c1-11(15-9-18-10-15)17-19-16(20-21-17)14-7-6-12-4-2-3-5-13(12)8-14/h2-8,11,15,18H,9-10H2,1H3. The number of nitrogens with one attached hydrogen (secondary N) is 1. The minimum Gasteiger partial charge on any atom is -0.339 e. The summed E-state index contributed by atoms with van der Waals surface area (Å²) in [6, 6.07) is 14.5. The quantitative estimate of drug-likeness (QED) is 0.800. The molecule has 0 aliphatic carbocycles. The average molecular weight is 279 g/mol. The van der Waals surface area contributed by atoms with E-state index >= 15 is 0 Å². The lowest BCUT2D eigenvalue weighted by Crippen LogP contribution is -2.44. The molecule has 0 amide bonds. The van der Waals surface area contributed by atoms with Crippen LogP contribution in [0.3, 0.4) is 0 Å². The zero-order valence-electron chi connectivity index (χ0n) is 11.9. The molecule has 1 fully saturated rings. The van der Waals surface area contributed by atoms with Crippen LogP contribution in [0.25, 0.3) is 22.2 Å². The van der Waals surface area contributed by atoms with Gasteiger partial charge in [0.2, 0.25) is 11.7 Å². The van der Waals surface area contributed by atoms with Gasteiger partial charge < -0.3 is 9.84 Å². The summed E-state index contributed by atoms with van der Waals surface area (Å²) in [5.74, 6) is 2.34. The van der Waals surface area contributed by atoms with Gasteiger partial charge in [-0.15, -0.1) is 0 Å². The van der Waals surface area contributed by atoms with Gasteiger partial charge in [-0.1, -0.05) is 48.5 Å². The van der Waals surface area contributed by atoms with Gasteiger partial charge in [0.1, 0.15) is 0 Å². The maximum Gasteiger partial charge on any atom is 0.230 e. The Morgan fingerprint density at radius 3 is 2.71 bits per heavy atom.